The van der Waals surface area contributed by atoms with E-state index >= 15 is 0 Å². The molecule has 4 heteroatoms. The second-order valence-corrected chi connectivity index (χ2v) is 3.46. The van der Waals surface area contributed by atoms with Gasteiger partial charge in [-0.2, -0.15) is 0 Å². The van der Waals surface area contributed by atoms with Crippen LogP contribution in [0.2, 0.25) is 0 Å². The van der Waals surface area contributed by atoms with E-state index in [9.17, 15) is 9.59 Å². The number of esters is 2. The molecule has 1 aliphatic rings. The Balaban J connectivity index is 2.42. The molecule has 0 saturated heterocycles. The Labute approximate surface area is 83.6 Å². The van der Waals surface area contributed by atoms with Crippen molar-refractivity contribution in [3.63, 3.8) is 0 Å². The summed E-state index contributed by atoms with van der Waals surface area (Å²) in [6, 6.07) is 0. The van der Waals surface area contributed by atoms with Crippen LogP contribution < -0.4 is 0 Å². The Morgan fingerprint density at radius 1 is 1.21 bits per heavy atom. The highest BCUT2D eigenvalue weighted by Gasteiger charge is 2.32. The molecule has 0 bridgehead atoms. The first-order valence-electron chi connectivity index (χ1n) is 5.00. The molecular weight excluding hydrogens is 184 g/mol. The van der Waals surface area contributed by atoms with Crippen molar-refractivity contribution in [2.75, 3.05) is 0 Å². The topological polar surface area (TPSA) is 52.6 Å². The SMILES string of the molecule is CCC(=O)OC1CCCC1OC(C)=O. The average Bonchev–Trinajstić information content (AvgIpc) is 2.52. The van der Waals surface area contributed by atoms with Crippen LogP contribution in [0.25, 0.3) is 0 Å². The summed E-state index contributed by atoms with van der Waals surface area (Å²) in [6.45, 7) is 3.12. The first kappa shape index (κ1) is 11.0. The van der Waals surface area contributed by atoms with Gasteiger partial charge in [0.1, 0.15) is 12.2 Å². The van der Waals surface area contributed by atoms with Crippen molar-refractivity contribution in [2.45, 2.75) is 51.7 Å². The molecule has 1 aliphatic carbocycles. The fourth-order valence-corrected chi connectivity index (χ4v) is 1.63. The molecule has 1 fully saturated rings. The van der Waals surface area contributed by atoms with Crippen LogP contribution in [-0.2, 0) is 19.1 Å². The molecule has 0 radical (unpaired) electrons. The first-order valence-corrected chi connectivity index (χ1v) is 5.00. The lowest BCUT2D eigenvalue weighted by molar-refractivity contribution is -0.163. The monoisotopic (exact) mass is 200 g/mol. The maximum Gasteiger partial charge on any atom is 0.305 e. The summed E-state index contributed by atoms with van der Waals surface area (Å²) >= 11 is 0. The van der Waals surface area contributed by atoms with Crippen molar-refractivity contribution in [1.29, 1.82) is 0 Å². The quantitative estimate of drug-likeness (QED) is 0.646. The Morgan fingerprint density at radius 2 is 1.79 bits per heavy atom. The Morgan fingerprint density at radius 3 is 2.29 bits per heavy atom. The Kier molecular flexibility index (Phi) is 3.92. The minimum absolute atomic E-state index is 0.228. The van der Waals surface area contributed by atoms with E-state index in [1.165, 1.54) is 6.92 Å². The third kappa shape index (κ3) is 3.01. The van der Waals surface area contributed by atoms with Gasteiger partial charge in [0, 0.05) is 13.3 Å². The number of rotatable bonds is 3. The highest BCUT2D eigenvalue weighted by molar-refractivity contribution is 5.69. The lowest BCUT2D eigenvalue weighted by Crippen LogP contribution is -2.29. The van der Waals surface area contributed by atoms with E-state index in [1.807, 2.05) is 0 Å². The van der Waals surface area contributed by atoms with Crippen LogP contribution in [-0.4, -0.2) is 24.1 Å². The fraction of sp³-hybridized carbons (Fsp3) is 0.800. The molecule has 0 spiro atoms. The largest absolute Gasteiger partial charge is 0.459 e. The predicted molar refractivity (Wildman–Crippen MR) is 49.6 cm³/mol. The predicted octanol–water partition coefficient (Wildman–Crippen LogP) is 1.42. The molecule has 2 atom stereocenters. The van der Waals surface area contributed by atoms with Gasteiger partial charge in [-0.25, -0.2) is 0 Å². The summed E-state index contributed by atoms with van der Waals surface area (Å²) in [5.74, 6) is -0.538. The van der Waals surface area contributed by atoms with Gasteiger partial charge in [0.15, 0.2) is 0 Å². The first-order chi connectivity index (χ1) is 6.63. The minimum Gasteiger partial charge on any atom is -0.459 e. The highest BCUT2D eigenvalue weighted by atomic mass is 16.6. The molecule has 1 rings (SSSR count). The van der Waals surface area contributed by atoms with Crippen LogP contribution >= 0.6 is 0 Å². The number of ether oxygens (including phenoxy) is 2. The van der Waals surface area contributed by atoms with Crippen LogP contribution in [0.5, 0.6) is 0 Å². The maximum absolute atomic E-state index is 11.0. The molecule has 1 saturated carbocycles. The average molecular weight is 200 g/mol. The van der Waals surface area contributed by atoms with Crippen LogP contribution in [0.1, 0.15) is 39.5 Å². The number of carbonyl (C=O) groups is 2. The molecule has 0 heterocycles. The van der Waals surface area contributed by atoms with Gasteiger partial charge in [-0.3, -0.25) is 9.59 Å². The summed E-state index contributed by atoms with van der Waals surface area (Å²) < 4.78 is 10.2. The molecule has 0 aromatic rings. The van der Waals surface area contributed by atoms with Crippen LogP contribution in [0.15, 0.2) is 0 Å². The molecule has 0 N–H and O–H groups in total. The van der Waals surface area contributed by atoms with E-state index < -0.39 is 0 Å². The summed E-state index contributed by atoms with van der Waals surface area (Å²) in [4.78, 5) is 21.8. The van der Waals surface area contributed by atoms with Crippen molar-refractivity contribution in [1.82, 2.24) is 0 Å². The van der Waals surface area contributed by atoms with Gasteiger partial charge < -0.3 is 9.47 Å². The summed E-state index contributed by atoms with van der Waals surface area (Å²) in [6.07, 6.45) is 2.43. The fourth-order valence-electron chi connectivity index (χ4n) is 1.63. The van der Waals surface area contributed by atoms with Crippen molar-refractivity contribution in [3.8, 4) is 0 Å². The van der Waals surface area contributed by atoms with Crippen LogP contribution in [0.4, 0.5) is 0 Å². The standard InChI is InChI=1S/C10H16O4/c1-3-10(12)14-9-6-4-5-8(9)13-7(2)11/h8-9H,3-6H2,1-2H3. The van der Waals surface area contributed by atoms with Gasteiger partial charge in [-0.05, 0) is 19.3 Å². The van der Waals surface area contributed by atoms with E-state index in [0.717, 1.165) is 19.3 Å². The second kappa shape index (κ2) is 4.98. The van der Waals surface area contributed by atoms with E-state index in [0.29, 0.717) is 6.42 Å². The van der Waals surface area contributed by atoms with Crippen LogP contribution in [0, 0.1) is 0 Å². The summed E-state index contributed by atoms with van der Waals surface area (Å²) in [5, 5.41) is 0. The van der Waals surface area contributed by atoms with Gasteiger partial charge in [0.25, 0.3) is 0 Å². The van der Waals surface area contributed by atoms with E-state index in [4.69, 9.17) is 9.47 Å². The van der Waals surface area contributed by atoms with Gasteiger partial charge in [-0.15, -0.1) is 0 Å². The molecule has 14 heavy (non-hydrogen) atoms. The zero-order valence-corrected chi connectivity index (χ0v) is 8.62. The van der Waals surface area contributed by atoms with Crippen LogP contribution in [0.3, 0.4) is 0 Å². The van der Waals surface area contributed by atoms with Crippen molar-refractivity contribution in [2.24, 2.45) is 0 Å². The van der Waals surface area contributed by atoms with Gasteiger partial charge in [0.2, 0.25) is 0 Å². The van der Waals surface area contributed by atoms with Gasteiger partial charge in [-0.1, -0.05) is 6.92 Å². The van der Waals surface area contributed by atoms with Crippen molar-refractivity contribution in [3.05, 3.63) is 0 Å². The zero-order valence-electron chi connectivity index (χ0n) is 8.62. The smallest absolute Gasteiger partial charge is 0.305 e. The molecule has 0 amide bonds. The maximum atomic E-state index is 11.0. The molecular formula is C10H16O4. The van der Waals surface area contributed by atoms with E-state index in [-0.39, 0.29) is 24.1 Å². The van der Waals surface area contributed by atoms with Gasteiger partial charge >= 0.3 is 11.9 Å². The molecule has 2 unspecified atom stereocenters. The lowest BCUT2D eigenvalue weighted by atomic mass is 10.2. The molecule has 0 aromatic carbocycles. The lowest BCUT2D eigenvalue weighted by Gasteiger charge is -2.19. The minimum atomic E-state index is -0.311. The number of hydrogen-bond donors (Lipinski definition) is 0. The van der Waals surface area contributed by atoms with Crippen molar-refractivity contribution < 1.29 is 19.1 Å². The third-order valence-electron chi connectivity index (χ3n) is 2.28. The van der Waals surface area contributed by atoms with Crippen molar-refractivity contribution >= 4 is 11.9 Å². The Hall–Kier alpha value is -1.06. The molecule has 4 nitrogen and oxygen atoms in total. The number of hydrogen-bond acceptors (Lipinski definition) is 4. The number of carbonyl (C=O) groups excluding carboxylic acids is 2. The highest BCUT2D eigenvalue weighted by Crippen LogP contribution is 2.25. The second-order valence-electron chi connectivity index (χ2n) is 3.46. The summed E-state index contributed by atoms with van der Waals surface area (Å²) in [5.41, 5.74) is 0. The van der Waals surface area contributed by atoms with E-state index in [2.05, 4.69) is 0 Å². The third-order valence-corrected chi connectivity index (χ3v) is 2.28. The summed E-state index contributed by atoms with van der Waals surface area (Å²) in [7, 11) is 0. The van der Waals surface area contributed by atoms with E-state index in [1.54, 1.807) is 6.92 Å². The normalized spacial score (nSPS) is 25.9. The molecule has 80 valence electrons. The van der Waals surface area contributed by atoms with Gasteiger partial charge in [0.05, 0.1) is 0 Å². The molecule has 0 aliphatic heterocycles. The zero-order chi connectivity index (χ0) is 10.6. The Bertz CT molecular complexity index is 224. The molecule has 0 aromatic heterocycles.